The molecule has 0 radical (unpaired) electrons. The third kappa shape index (κ3) is 5.92. The number of carbonyl (C=O) groups is 1. The van der Waals surface area contributed by atoms with Crippen molar-refractivity contribution in [2.75, 3.05) is 12.4 Å². The van der Waals surface area contributed by atoms with E-state index in [9.17, 15) is 24.6 Å². The molecule has 1 amide bonds. The van der Waals surface area contributed by atoms with E-state index in [0.29, 0.717) is 23.7 Å². The van der Waals surface area contributed by atoms with Gasteiger partial charge in [0, 0.05) is 12.1 Å². The molecule has 33 heavy (non-hydrogen) atoms. The van der Waals surface area contributed by atoms with E-state index in [1.807, 2.05) is 30.3 Å². The van der Waals surface area contributed by atoms with Crippen molar-refractivity contribution in [3.8, 4) is 17.6 Å². The van der Waals surface area contributed by atoms with Crippen molar-refractivity contribution in [2.24, 2.45) is 0 Å². The summed E-state index contributed by atoms with van der Waals surface area (Å²) >= 11 is 0. The highest BCUT2D eigenvalue weighted by Gasteiger charge is 2.16. The maximum absolute atomic E-state index is 14.0. The Labute approximate surface area is 188 Å². The molecule has 0 aromatic heterocycles. The molecule has 0 unspecified atom stereocenters. The minimum atomic E-state index is -0.916. The van der Waals surface area contributed by atoms with Crippen LogP contribution < -0.4 is 14.8 Å². The summed E-state index contributed by atoms with van der Waals surface area (Å²) in [5.74, 6) is -0.921. The number of methoxy groups -OCH3 is 1. The highest BCUT2D eigenvalue weighted by atomic mass is 19.1. The number of nitrogens with zero attached hydrogens (tertiary/aromatic N) is 2. The highest BCUT2D eigenvalue weighted by molar-refractivity contribution is 6.09. The van der Waals surface area contributed by atoms with Crippen LogP contribution in [0.25, 0.3) is 6.08 Å². The van der Waals surface area contributed by atoms with Gasteiger partial charge < -0.3 is 14.8 Å². The van der Waals surface area contributed by atoms with Crippen LogP contribution in [0.15, 0.2) is 72.3 Å². The zero-order valence-electron chi connectivity index (χ0n) is 17.4. The normalized spacial score (nSPS) is 10.8. The molecular formula is C24H18FN3O5. The smallest absolute Gasteiger partial charge is 0.271 e. The maximum Gasteiger partial charge on any atom is 0.271 e. The lowest BCUT2D eigenvalue weighted by Crippen LogP contribution is -2.14. The Morgan fingerprint density at radius 2 is 1.91 bits per heavy atom. The first-order valence-electron chi connectivity index (χ1n) is 9.63. The van der Waals surface area contributed by atoms with Gasteiger partial charge >= 0.3 is 0 Å². The summed E-state index contributed by atoms with van der Waals surface area (Å²) in [4.78, 5) is 22.6. The van der Waals surface area contributed by atoms with Gasteiger partial charge in [0.05, 0.1) is 17.7 Å². The number of nitro benzene ring substituents is 1. The van der Waals surface area contributed by atoms with Gasteiger partial charge in [-0.3, -0.25) is 14.9 Å². The first-order chi connectivity index (χ1) is 15.9. The molecule has 0 fully saturated rings. The molecule has 0 saturated heterocycles. The molecule has 3 rings (SSSR count). The van der Waals surface area contributed by atoms with Crippen molar-refractivity contribution in [3.05, 3.63) is 99.4 Å². The van der Waals surface area contributed by atoms with Crippen LogP contribution >= 0.6 is 0 Å². The summed E-state index contributed by atoms with van der Waals surface area (Å²) in [6.45, 7) is 0.326. The van der Waals surface area contributed by atoms with E-state index < -0.39 is 28.0 Å². The van der Waals surface area contributed by atoms with Crippen molar-refractivity contribution in [1.82, 2.24) is 0 Å². The quantitative estimate of drug-likeness (QED) is 0.228. The summed E-state index contributed by atoms with van der Waals surface area (Å²) < 4.78 is 25.1. The maximum atomic E-state index is 14.0. The molecule has 3 aromatic carbocycles. The van der Waals surface area contributed by atoms with Crippen LogP contribution in [-0.2, 0) is 11.4 Å². The molecule has 3 aromatic rings. The third-order valence-corrected chi connectivity index (χ3v) is 4.51. The molecule has 0 spiro atoms. The minimum absolute atomic E-state index is 0.326. The van der Waals surface area contributed by atoms with Crippen molar-refractivity contribution in [3.63, 3.8) is 0 Å². The number of benzene rings is 3. The third-order valence-electron chi connectivity index (χ3n) is 4.51. The van der Waals surface area contributed by atoms with Gasteiger partial charge in [0.1, 0.15) is 24.1 Å². The predicted octanol–water partition coefficient (Wildman–Crippen LogP) is 4.87. The van der Waals surface area contributed by atoms with Crippen molar-refractivity contribution >= 4 is 23.4 Å². The number of hydrogen-bond acceptors (Lipinski definition) is 6. The van der Waals surface area contributed by atoms with Crippen LogP contribution in [0.5, 0.6) is 11.5 Å². The Hall–Kier alpha value is -4.71. The SMILES string of the molecule is COc1cc(/C=C(/C#N)C(=O)Nc2cc([N+](=O)[O-])ccc2F)ccc1OCc1ccccc1. The van der Waals surface area contributed by atoms with Gasteiger partial charge in [-0.1, -0.05) is 36.4 Å². The van der Waals surface area contributed by atoms with E-state index in [-0.39, 0.29) is 5.57 Å². The lowest BCUT2D eigenvalue weighted by molar-refractivity contribution is -0.384. The van der Waals surface area contributed by atoms with Gasteiger partial charge in [-0.2, -0.15) is 5.26 Å². The Bertz CT molecular complexity index is 1250. The minimum Gasteiger partial charge on any atom is -0.493 e. The van der Waals surface area contributed by atoms with Gasteiger partial charge in [0.15, 0.2) is 11.5 Å². The van der Waals surface area contributed by atoms with Crippen molar-refractivity contribution < 1.29 is 23.6 Å². The van der Waals surface area contributed by atoms with E-state index >= 15 is 0 Å². The second-order valence-corrected chi connectivity index (χ2v) is 6.73. The van der Waals surface area contributed by atoms with Gasteiger partial charge in [-0.15, -0.1) is 0 Å². The zero-order valence-corrected chi connectivity index (χ0v) is 17.4. The lowest BCUT2D eigenvalue weighted by atomic mass is 10.1. The standard InChI is InChI=1S/C24H18FN3O5/c1-32-23-12-17(7-10-22(23)33-15-16-5-3-2-4-6-16)11-18(14-26)24(29)27-21-13-19(28(30)31)8-9-20(21)25/h2-13H,15H2,1H3,(H,27,29)/b18-11-. The topological polar surface area (TPSA) is 114 Å². The van der Waals surface area contributed by atoms with Crippen LogP contribution in [0.3, 0.4) is 0 Å². The lowest BCUT2D eigenvalue weighted by Gasteiger charge is -2.11. The Morgan fingerprint density at radius 1 is 1.15 bits per heavy atom. The van der Waals surface area contributed by atoms with Crippen LogP contribution in [0, 0.1) is 27.3 Å². The molecule has 0 aliphatic heterocycles. The van der Waals surface area contributed by atoms with E-state index in [2.05, 4.69) is 5.32 Å². The Morgan fingerprint density at radius 3 is 2.58 bits per heavy atom. The Balaban J connectivity index is 1.79. The molecular weight excluding hydrogens is 429 g/mol. The summed E-state index contributed by atoms with van der Waals surface area (Å²) in [6, 6.07) is 18.9. The first kappa shape index (κ1) is 23.0. The number of carbonyl (C=O) groups excluding carboxylic acids is 1. The summed E-state index contributed by atoms with van der Waals surface area (Å²) in [6.07, 6.45) is 1.29. The number of nitrogens with one attached hydrogen (secondary N) is 1. The summed E-state index contributed by atoms with van der Waals surface area (Å²) in [5.41, 5.74) is 0.300. The van der Waals surface area contributed by atoms with Crippen LogP contribution in [0.1, 0.15) is 11.1 Å². The first-order valence-corrected chi connectivity index (χ1v) is 9.63. The predicted molar refractivity (Wildman–Crippen MR) is 119 cm³/mol. The van der Waals surface area contributed by atoms with Crippen LogP contribution in [-0.4, -0.2) is 17.9 Å². The number of nitriles is 1. The van der Waals surface area contributed by atoms with Gasteiger partial charge in [-0.25, -0.2) is 4.39 Å². The molecule has 0 heterocycles. The van der Waals surface area contributed by atoms with Crippen molar-refractivity contribution in [2.45, 2.75) is 6.61 Å². The molecule has 0 saturated carbocycles. The molecule has 8 nitrogen and oxygen atoms in total. The van der Waals surface area contributed by atoms with Crippen LogP contribution in [0.2, 0.25) is 0 Å². The fraction of sp³-hybridized carbons (Fsp3) is 0.0833. The number of anilines is 1. The van der Waals surface area contributed by atoms with E-state index in [1.165, 1.54) is 13.2 Å². The molecule has 0 aliphatic carbocycles. The summed E-state index contributed by atoms with van der Waals surface area (Å²) in [5, 5.41) is 22.5. The second kappa shape index (κ2) is 10.5. The Kier molecular flexibility index (Phi) is 7.34. The van der Waals surface area contributed by atoms with Gasteiger partial charge in [0.2, 0.25) is 0 Å². The summed E-state index contributed by atoms with van der Waals surface area (Å²) in [7, 11) is 1.46. The van der Waals surface area contributed by atoms with E-state index in [4.69, 9.17) is 9.47 Å². The number of rotatable bonds is 8. The highest BCUT2D eigenvalue weighted by Crippen LogP contribution is 2.30. The average molecular weight is 447 g/mol. The molecule has 0 atom stereocenters. The van der Waals surface area contributed by atoms with E-state index in [0.717, 1.165) is 23.8 Å². The average Bonchev–Trinajstić information content (AvgIpc) is 2.83. The zero-order chi connectivity index (χ0) is 23.8. The van der Waals surface area contributed by atoms with Gasteiger partial charge in [-0.05, 0) is 35.4 Å². The number of amides is 1. The molecule has 0 bridgehead atoms. The number of ether oxygens (including phenoxy) is 2. The largest absolute Gasteiger partial charge is 0.493 e. The fourth-order valence-electron chi connectivity index (χ4n) is 2.86. The number of hydrogen-bond donors (Lipinski definition) is 1. The number of non-ortho nitro benzene ring substituents is 1. The molecule has 9 heteroatoms. The number of nitro groups is 1. The van der Waals surface area contributed by atoms with E-state index in [1.54, 1.807) is 24.3 Å². The monoisotopic (exact) mass is 447 g/mol. The number of halogens is 1. The molecule has 166 valence electrons. The van der Waals surface area contributed by atoms with Crippen LogP contribution in [0.4, 0.5) is 15.8 Å². The second-order valence-electron chi connectivity index (χ2n) is 6.73. The van der Waals surface area contributed by atoms with Crippen molar-refractivity contribution in [1.29, 1.82) is 5.26 Å². The molecule has 0 aliphatic rings. The molecule has 1 N–H and O–H groups in total. The fourth-order valence-corrected chi connectivity index (χ4v) is 2.86. The van der Waals surface area contributed by atoms with Gasteiger partial charge in [0.25, 0.3) is 11.6 Å².